The lowest BCUT2D eigenvalue weighted by molar-refractivity contribution is 0.247. The standard InChI is InChI=1S/C28H30N4O6/c1-16-12-18(26-31-22-14-21(36-4)15-23(37-5)24(22)27(33)32-26)13-17(2)25(16)38-11-10-29-28(34)30-19-6-8-20(35-3)9-7-19/h6-9,12-15H,10-11H2,1-5H3,(H2,29,30,34)(H,31,32,33). The predicted octanol–water partition coefficient (Wildman–Crippen LogP) is 4.43. The second kappa shape index (κ2) is 11.5. The van der Waals surface area contributed by atoms with E-state index in [1.165, 1.54) is 7.11 Å². The number of ether oxygens (including phenoxy) is 4. The van der Waals surface area contributed by atoms with Crippen LogP contribution >= 0.6 is 0 Å². The topological polar surface area (TPSA) is 124 Å². The van der Waals surface area contributed by atoms with Crippen LogP contribution in [0.25, 0.3) is 22.3 Å². The molecule has 1 aromatic heterocycles. The number of aryl methyl sites for hydroxylation is 2. The highest BCUT2D eigenvalue weighted by molar-refractivity contribution is 5.89. The van der Waals surface area contributed by atoms with E-state index >= 15 is 0 Å². The van der Waals surface area contributed by atoms with Crippen LogP contribution in [0.5, 0.6) is 23.0 Å². The molecule has 10 heteroatoms. The first-order valence-corrected chi connectivity index (χ1v) is 11.9. The second-order valence-corrected chi connectivity index (χ2v) is 8.54. The van der Waals surface area contributed by atoms with Crippen molar-refractivity contribution in [1.29, 1.82) is 0 Å². The summed E-state index contributed by atoms with van der Waals surface area (Å²) in [7, 11) is 4.63. The molecule has 4 aromatic rings. The third-order valence-corrected chi connectivity index (χ3v) is 5.92. The molecule has 3 aromatic carbocycles. The third-order valence-electron chi connectivity index (χ3n) is 5.92. The second-order valence-electron chi connectivity index (χ2n) is 8.54. The molecule has 0 aliphatic carbocycles. The number of amides is 2. The molecule has 4 rings (SSSR count). The third kappa shape index (κ3) is 5.80. The zero-order valence-corrected chi connectivity index (χ0v) is 21.9. The molecule has 0 atom stereocenters. The number of benzene rings is 3. The van der Waals surface area contributed by atoms with Gasteiger partial charge in [-0.2, -0.15) is 0 Å². The predicted molar refractivity (Wildman–Crippen MR) is 146 cm³/mol. The van der Waals surface area contributed by atoms with Crippen molar-refractivity contribution < 1.29 is 23.7 Å². The van der Waals surface area contributed by atoms with E-state index in [0.29, 0.717) is 52.0 Å². The maximum Gasteiger partial charge on any atom is 0.319 e. The molecule has 0 bridgehead atoms. The number of aromatic nitrogens is 2. The number of urea groups is 1. The van der Waals surface area contributed by atoms with E-state index in [2.05, 4.69) is 20.6 Å². The van der Waals surface area contributed by atoms with Crippen molar-refractivity contribution in [2.75, 3.05) is 39.8 Å². The Hall–Kier alpha value is -4.73. The summed E-state index contributed by atoms with van der Waals surface area (Å²) < 4.78 is 21.8. The Morgan fingerprint density at radius 2 is 1.61 bits per heavy atom. The molecule has 10 nitrogen and oxygen atoms in total. The number of methoxy groups -OCH3 is 3. The summed E-state index contributed by atoms with van der Waals surface area (Å²) >= 11 is 0. The molecule has 0 saturated heterocycles. The SMILES string of the molecule is COc1ccc(NC(=O)NCCOc2c(C)cc(-c3nc4cc(OC)cc(OC)c4c(=O)[nH]3)cc2C)cc1. The number of hydrogen-bond acceptors (Lipinski definition) is 7. The summed E-state index contributed by atoms with van der Waals surface area (Å²) in [5.74, 6) is 2.78. The van der Waals surface area contributed by atoms with Gasteiger partial charge in [0.2, 0.25) is 0 Å². The smallest absolute Gasteiger partial charge is 0.319 e. The number of nitrogens with zero attached hydrogens (tertiary/aromatic N) is 1. The van der Waals surface area contributed by atoms with Crippen molar-refractivity contribution in [2.24, 2.45) is 0 Å². The van der Waals surface area contributed by atoms with Gasteiger partial charge in [-0.25, -0.2) is 9.78 Å². The highest BCUT2D eigenvalue weighted by atomic mass is 16.5. The van der Waals surface area contributed by atoms with Crippen LogP contribution in [0.3, 0.4) is 0 Å². The Balaban J connectivity index is 1.44. The molecule has 38 heavy (non-hydrogen) atoms. The summed E-state index contributed by atoms with van der Waals surface area (Å²) in [6, 6.07) is 13.9. The Morgan fingerprint density at radius 1 is 0.921 bits per heavy atom. The number of carbonyl (C=O) groups is 1. The van der Waals surface area contributed by atoms with Gasteiger partial charge in [-0.15, -0.1) is 0 Å². The minimum Gasteiger partial charge on any atom is -0.497 e. The average Bonchev–Trinajstić information content (AvgIpc) is 2.91. The van der Waals surface area contributed by atoms with Crippen molar-refractivity contribution in [3.8, 4) is 34.4 Å². The molecule has 0 saturated carbocycles. The molecule has 0 unspecified atom stereocenters. The van der Waals surface area contributed by atoms with E-state index in [1.54, 1.807) is 50.6 Å². The van der Waals surface area contributed by atoms with Gasteiger partial charge in [0.1, 0.15) is 40.8 Å². The molecular formula is C28H30N4O6. The highest BCUT2D eigenvalue weighted by Crippen LogP contribution is 2.31. The number of hydrogen-bond donors (Lipinski definition) is 3. The molecule has 3 N–H and O–H groups in total. The lowest BCUT2D eigenvalue weighted by Gasteiger charge is -2.15. The Bertz CT molecular complexity index is 1490. The minimum atomic E-state index is -0.331. The zero-order valence-electron chi connectivity index (χ0n) is 21.9. The van der Waals surface area contributed by atoms with Gasteiger partial charge in [-0.1, -0.05) is 0 Å². The lowest BCUT2D eigenvalue weighted by Crippen LogP contribution is -2.32. The van der Waals surface area contributed by atoms with Gasteiger partial charge < -0.3 is 34.6 Å². The fourth-order valence-corrected chi connectivity index (χ4v) is 4.11. The Labute approximate surface area is 219 Å². The number of H-pyrrole nitrogens is 1. The largest absolute Gasteiger partial charge is 0.497 e. The summed E-state index contributed by atoms with van der Waals surface area (Å²) in [5, 5.41) is 5.89. The first kappa shape index (κ1) is 26.3. The molecule has 0 spiro atoms. The van der Waals surface area contributed by atoms with Gasteiger partial charge in [0.15, 0.2) is 0 Å². The van der Waals surface area contributed by atoms with Crippen molar-refractivity contribution in [2.45, 2.75) is 13.8 Å². The van der Waals surface area contributed by atoms with Crippen molar-refractivity contribution in [1.82, 2.24) is 15.3 Å². The van der Waals surface area contributed by atoms with Crippen LogP contribution in [0.4, 0.5) is 10.5 Å². The van der Waals surface area contributed by atoms with Crippen molar-refractivity contribution in [3.63, 3.8) is 0 Å². The molecular weight excluding hydrogens is 488 g/mol. The average molecular weight is 519 g/mol. The fraction of sp³-hybridized carbons (Fsp3) is 0.250. The number of aromatic amines is 1. The Kier molecular flexibility index (Phi) is 8.00. The number of rotatable bonds is 9. The van der Waals surface area contributed by atoms with Gasteiger partial charge >= 0.3 is 6.03 Å². The maximum absolute atomic E-state index is 12.9. The zero-order chi connectivity index (χ0) is 27.2. The van der Waals surface area contributed by atoms with E-state index < -0.39 is 0 Å². The van der Waals surface area contributed by atoms with Crippen LogP contribution in [-0.2, 0) is 0 Å². The van der Waals surface area contributed by atoms with E-state index in [-0.39, 0.29) is 18.2 Å². The number of nitrogens with one attached hydrogen (secondary N) is 3. The van der Waals surface area contributed by atoms with Gasteiger partial charge in [0.25, 0.3) is 5.56 Å². The Morgan fingerprint density at radius 3 is 2.24 bits per heavy atom. The number of fused-ring (bicyclic) bond motifs is 1. The molecule has 198 valence electrons. The van der Waals surface area contributed by atoms with E-state index in [4.69, 9.17) is 18.9 Å². The van der Waals surface area contributed by atoms with E-state index in [1.807, 2.05) is 26.0 Å². The van der Waals surface area contributed by atoms with Crippen LogP contribution < -0.4 is 35.1 Å². The van der Waals surface area contributed by atoms with Crippen LogP contribution in [-0.4, -0.2) is 50.5 Å². The summed E-state index contributed by atoms with van der Waals surface area (Å²) in [6.07, 6.45) is 0. The van der Waals surface area contributed by atoms with Crippen LogP contribution in [0.1, 0.15) is 11.1 Å². The highest BCUT2D eigenvalue weighted by Gasteiger charge is 2.15. The maximum atomic E-state index is 12.9. The number of anilines is 1. The summed E-state index contributed by atoms with van der Waals surface area (Å²) in [6.45, 7) is 4.43. The fourth-order valence-electron chi connectivity index (χ4n) is 4.11. The monoisotopic (exact) mass is 518 g/mol. The molecule has 0 aliphatic heterocycles. The molecule has 0 fully saturated rings. The lowest BCUT2D eigenvalue weighted by atomic mass is 10.0. The molecule has 1 heterocycles. The molecule has 2 amide bonds. The van der Waals surface area contributed by atoms with Crippen molar-refractivity contribution >= 4 is 22.6 Å². The quantitative estimate of drug-likeness (QED) is 0.280. The first-order chi connectivity index (χ1) is 18.3. The molecule has 0 radical (unpaired) electrons. The summed E-state index contributed by atoms with van der Waals surface area (Å²) in [4.78, 5) is 32.5. The van der Waals surface area contributed by atoms with Gasteiger partial charge in [0, 0.05) is 23.4 Å². The minimum absolute atomic E-state index is 0.279. The van der Waals surface area contributed by atoms with Crippen LogP contribution in [0.2, 0.25) is 0 Å². The van der Waals surface area contributed by atoms with Crippen LogP contribution in [0.15, 0.2) is 53.3 Å². The van der Waals surface area contributed by atoms with Crippen LogP contribution in [0, 0.1) is 13.8 Å². The summed E-state index contributed by atoms with van der Waals surface area (Å²) in [5.41, 5.74) is 3.30. The van der Waals surface area contributed by atoms with E-state index in [9.17, 15) is 9.59 Å². The van der Waals surface area contributed by atoms with Gasteiger partial charge in [0.05, 0.1) is 33.4 Å². The molecule has 0 aliphatic rings. The first-order valence-electron chi connectivity index (χ1n) is 11.9. The van der Waals surface area contributed by atoms with Crippen molar-refractivity contribution in [3.05, 3.63) is 70.0 Å². The van der Waals surface area contributed by atoms with Gasteiger partial charge in [-0.05, 0) is 61.4 Å². The van der Waals surface area contributed by atoms with E-state index in [0.717, 1.165) is 16.7 Å². The number of carbonyl (C=O) groups excluding carboxylic acids is 1. The normalized spacial score (nSPS) is 10.7. The van der Waals surface area contributed by atoms with Gasteiger partial charge in [-0.3, -0.25) is 4.79 Å².